The molecule has 0 bridgehead atoms. The minimum Gasteiger partial charge on any atom is -0.493 e. The summed E-state index contributed by atoms with van der Waals surface area (Å²) in [5.41, 5.74) is 0.619. The molecular weight excluding hydrogens is 724 g/mol. The average molecular weight is 756 g/mol. The van der Waals surface area contributed by atoms with Crippen molar-refractivity contribution < 1.29 is 63.7 Å². The molecule has 1 fully saturated rings. The number of rotatable bonds is 10. The number of carboxylic acid groups (broad SMARTS) is 1. The number of carboxylic acids is 1. The Bertz CT molecular complexity index is 2090. The van der Waals surface area contributed by atoms with Gasteiger partial charge >= 0.3 is 24.4 Å². The molecule has 1 aliphatic heterocycles. The highest BCUT2D eigenvalue weighted by atomic mass is 32.2. The zero-order valence-corrected chi connectivity index (χ0v) is 28.5. The SMILES string of the molecule is CC(C)c1cc(N2C(=O)CN(c3cccc(C(F)(F)F)c3)C2=O)ccc1Oc1ccnc2cc(OCCCS(C)(=O)=O)ccc12.O=C(O)C(F)(F)F. The van der Waals surface area contributed by atoms with Crippen LogP contribution in [-0.2, 0) is 25.6 Å². The molecule has 52 heavy (non-hydrogen) atoms. The number of carbonyl (C=O) groups excluding carboxylic acids is 2. The van der Waals surface area contributed by atoms with Gasteiger partial charge in [-0.3, -0.25) is 14.7 Å². The van der Waals surface area contributed by atoms with Gasteiger partial charge < -0.3 is 14.6 Å². The van der Waals surface area contributed by atoms with Crippen LogP contribution in [0.3, 0.4) is 0 Å². The van der Waals surface area contributed by atoms with Crippen LogP contribution >= 0.6 is 0 Å². The number of aliphatic carboxylic acids is 1. The molecule has 1 N–H and O–H groups in total. The predicted molar refractivity (Wildman–Crippen MR) is 178 cm³/mol. The van der Waals surface area contributed by atoms with E-state index in [1.54, 1.807) is 48.7 Å². The summed E-state index contributed by atoms with van der Waals surface area (Å²) in [6.45, 7) is 3.68. The van der Waals surface area contributed by atoms with Crippen molar-refractivity contribution in [1.82, 2.24) is 4.98 Å². The molecule has 1 saturated heterocycles. The highest BCUT2D eigenvalue weighted by Gasteiger charge is 2.40. The predicted octanol–water partition coefficient (Wildman–Crippen LogP) is 7.59. The summed E-state index contributed by atoms with van der Waals surface area (Å²) in [6.07, 6.45) is -6.56. The number of hydrogen-bond donors (Lipinski definition) is 1. The zero-order valence-electron chi connectivity index (χ0n) is 27.7. The minimum absolute atomic E-state index is 0.0262. The van der Waals surface area contributed by atoms with Crippen LogP contribution in [0.1, 0.15) is 37.3 Å². The van der Waals surface area contributed by atoms with Crippen molar-refractivity contribution in [3.63, 3.8) is 0 Å². The van der Waals surface area contributed by atoms with E-state index in [9.17, 15) is 44.3 Å². The fourth-order valence-corrected chi connectivity index (χ4v) is 5.58. The summed E-state index contributed by atoms with van der Waals surface area (Å²) in [5.74, 6) is -1.87. The largest absolute Gasteiger partial charge is 0.493 e. The highest BCUT2D eigenvalue weighted by Crippen LogP contribution is 2.39. The van der Waals surface area contributed by atoms with Crippen LogP contribution in [0, 0.1) is 0 Å². The van der Waals surface area contributed by atoms with Gasteiger partial charge in [0.1, 0.15) is 33.6 Å². The fraction of sp³-hybridized carbons (Fsp3) is 0.294. The van der Waals surface area contributed by atoms with Gasteiger partial charge in [0.05, 0.1) is 29.1 Å². The van der Waals surface area contributed by atoms with Crippen molar-refractivity contribution in [1.29, 1.82) is 0 Å². The average Bonchev–Trinajstić information content (AvgIpc) is 3.35. The molecule has 0 spiro atoms. The van der Waals surface area contributed by atoms with Crippen LogP contribution in [-0.4, -0.2) is 67.8 Å². The van der Waals surface area contributed by atoms with Crippen molar-refractivity contribution in [3.05, 3.63) is 84.1 Å². The number of hydrogen-bond acceptors (Lipinski definition) is 8. The standard InChI is InChI=1S/C32H30F3N3O6S.C2HF3O2/c1-20(2)26-17-23(38-30(39)19-37(31(38)40)22-7-4-6-21(16-22)32(33,34)35)8-11-28(26)44-29-12-13-36-27-18-24(9-10-25(27)29)43-14-5-15-45(3,41)42;3-2(4,5)1(6)7/h4,6-13,16-18,20H,5,14-15,19H2,1-3H3;(H,6,7). The summed E-state index contributed by atoms with van der Waals surface area (Å²) >= 11 is 0. The summed E-state index contributed by atoms with van der Waals surface area (Å²) in [4.78, 5) is 41.6. The van der Waals surface area contributed by atoms with Crippen LogP contribution in [0.15, 0.2) is 72.9 Å². The Morgan fingerprint density at radius 3 is 2.25 bits per heavy atom. The molecule has 4 aromatic rings. The summed E-state index contributed by atoms with van der Waals surface area (Å²) < 4.78 is 106. The van der Waals surface area contributed by atoms with Crippen LogP contribution in [0.5, 0.6) is 17.2 Å². The number of imide groups is 1. The number of aromatic nitrogens is 1. The Labute approximate surface area is 293 Å². The molecule has 3 aromatic carbocycles. The van der Waals surface area contributed by atoms with Gasteiger partial charge in [-0.05, 0) is 72.5 Å². The lowest BCUT2D eigenvalue weighted by atomic mass is 10.0. The number of nitrogens with zero attached hydrogens (tertiary/aromatic N) is 3. The van der Waals surface area contributed by atoms with E-state index in [-0.39, 0.29) is 29.7 Å². The second kappa shape index (κ2) is 15.5. The van der Waals surface area contributed by atoms with Gasteiger partial charge in [-0.25, -0.2) is 22.9 Å². The Morgan fingerprint density at radius 2 is 1.63 bits per heavy atom. The van der Waals surface area contributed by atoms with Crippen LogP contribution in [0.25, 0.3) is 10.9 Å². The molecule has 1 aliphatic rings. The van der Waals surface area contributed by atoms with Gasteiger partial charge in [0.15, 0.2) is 0 Å². The lowest BCUT2D eigenvalue weighted by molar-refractivity contribution is -0.192. The minimum atomic E-state index is -5.08. The molecule has 0 aliphatic carbocycles. The Balaban J connectivity index is 0.000000785. The Kier molecular flexibility index (Phi) is 11.7. The molecule has 278 valence electrons. The smallest absolute Gasteiger partial charge is 0.490 e. The van der Waals surface area contributed by atoms with Gasteiger partial charge in [0.25, 0.3) is 5.91 Å². The first-order valence-electron chi connectivity index (χ1n) is 15.3. The van der Waals surface area contributed by atoms with Crippen molar-refractivity contribution in [2.75, 3.05) is 35.0 Å². The molecule has 0 unspecified atom stereocenters. The van der Waals surface area contributed by atoms with E-state index in [0.29, 0.717) is 40.1 Å². The van der Waals surface area contributed by atoms with Crippen molar-refractivity contribution in [2.24, 2.45) is 0 Å². The molecule has 0 atom stereocenters. The number of alkyl halides is 6. The molecule has 5 rings (SSSR count). The fourth-order valence-electron chi connectivity index (χ4n) is 4.94. The molecule has 11 nitrogen and oxygen atoms in total. The van der Waals surface area contributed by atoms with Crippen LogP contribution in [0.2, 0.25) is 0 Å². The number of amides is 3. The third kappa shape index (κ3) is 9.89. The number of urea groups is 1. The number of sulfone groups is 1. The Morgan fingerprint density at radius 1 is 0.942 bits per heavy atom. The number of halogens is 6. The van der Waals surface area contributed by atoms with E-state index in [4.69, 9.17) is 19.4 Å². The second-order valence-corrected chi connectivity index (χ2v) is 14.0. The van der Waals surface area contributed by atoms with E-state index in [1.807, 2.05) is 13.8 Å². The summed E-state index contributed by atoms with van der Waals surface area (Å²) in [6, 6.07) is 15.4. The van der Waals surface area contributed by atoms with Gasteiger partial charge in [-0.1, -0.05) is 19.9 Å². The second-order valence-electron chi connectivity index (χ2n) is 11.7. The van der Waals surface area contributed by atoms with Crippen LogP contribution in [0.4, 0.5) is 42.5 Å². The maximum absolute atomic E-state index is 13.3. The topological polar surface area (TPSA) is 143 Å². The summed E-state index contributed by atoms with van der Waals surface area (Å²) in [7, 11) is -3.07. The van der Waals surface area contributed by atoms with Gasteiger partial charge in [-0.15, -0.1) is 0 Å². The molecule has 1 aromatic heterocycles. The third-order valence-electron chi connectivity index (χ3n) is 7.39. The van der Waals surface area contributed by atoms with E-state index in [0.717, 1.165) is 21.9 Å². The number of carbonyl (C=O) groups is 3. The first-order valence-corrected chi connectivity index (χ1v) is 17.3. The lowest BCUT2D eigenvalue weighted by Crippen LogP contribution is -2.33. The normalized spacial score (nSPS) is 13.7. The third-order valence-corrected chi connectivity index (χ3v) is 8.42. The van der Waals surface area contributed by atoms with Crippen molar-refractivity contribution in [2.45, 2.75) is 38.5 Å². The zero-order chi connectivity index (χ0) is 38.6. The van der Waals surface area contributed by atoms with Crippen molar-refractivity contribution in [3.8, 4) is 17.2 Å². The molecule has 0 saturated carbocycles. The summed E-state index contributed by atoms with van der Waals surface area (Å²) in [5, 5.41) is 7.82. The first kappa shape index (κ1) is 39.4. The van der Waals surface area contributed by atoms with Gasteiger partial charge in [0, 0.05) is 29.6 Å². The molecular formula is C34H31F6N3O8S. The van der Waals surface area contributed by atoms with Gasteiger partial charge in [0.2, 0.25) is 0 Å². The maximum atomic E-state index is 13.3. The lowest BCUT2D eigenvalue weighted by Gasteiger charge is -2.21. The molecule has 2 heterocycles. The first-order chi connectivity index (χ1) is 24.2. The number of fused-ring (bicyclic) bond motifs is 1. The van der Waals surface area contributed by atoms with E-state index < -0.39 is 52.2 Å². The number of ether oxygens (including phenoxy) is 2. The maximum Gasteiger partial charge on any atom is 0.490 e. The van der Waals surface area contributed by atoms with E-state index in [1.165, 1.54) is 18.4 Å². The molecule has 3 amide bonds. The number of pyridine rings is 1. The molecule has 18 heteroatoms. The number of anilines is 2. The highest BCUT2D eigenvalue weighted by molar-refractivity contribution is 7.90. The number of benzene rings is 3. The van der Waals surface area contributed by atoms with Crippen molar-refractivity contribution >= 4 is 50.0 Å². The van der Waals surface area contributed by atoms with Gasteiger partial charge in [-0.2, -0.15) is 26.3 Å². The monoisotopic (exact) mass is 755 g/mol. The Hall–Kier alpha value is -5.39. The van der Waals surface area contributed by atoms with E-state index >= 15 is 0 Å². The van der Waals surface area contributed by atoms with E-state index in [2.05, 4.69) is 4.98 Å². The van der Waals surface area contributed by atoms with Crippen LogP contribution < -0.4 is 19.3 Å². The quantitative estimate of drug-likeness (QED) is 0.0984. The molecule has 0 radical (unpaired) electrons.